The van der Waals surface area contributed by atoms with Gasteiger partial charge in [0.25, 0.3) is 11.8 Å². The summed E-state index contributed by atoms with van der Waals surface area (Å²) in [5.41, 5.74) is 0.394. The molecule has 0 aromatic carbocycles. The number of rotatable bonds is 6. The van der Waals surface area contributed by atoms with E-state index in [0.29, 0.717) is 12.0 Å². The number of aliphatic hydroxyl groups is 1. The Labute approximate surface area is 233 Å². The molecular formula is C28H37N5O7. The van der Waals surface area contributed by atoms with Gasteiger partial charge in [-0.1, -0.05) is 19.9 Å². The van der Waals surface area contributed by atoms with Crippen LogP contribution in [0.25, 0.3) is 0 Å². The van der Waals surface area contributed by atoms with Crippen LogP contribution < -0.4 is 10.6 Å². The van der Waals surface area contributed by atoms with E-state index < -0.39 is 59.9 Å². The van der Waals surface area contributed by atoms with Crippen molar-refractivity contribution in [1.29, 1.82) is 0 Å². The number of aliphatic hydroxyl groups excluding tert-OH is 1. The molecule has 0 aliphatic carbocycles. The first-order valence-corrected chi connectivity index (χ1v) is 13.3. The van der Waals surface area contributed by atoms with E-state index in [1.807, 2.05) is 6.92 Å². The summed E-state index contributed by atoms with van der Waals surface area (Å²) >= 11 is 0. The first kappa shape index (κ1) is 30.5. The number of nitrogens with zero attached hydrogens (tertiary/aromatic N) is 3. The molecule has 3 rings (SSSR count). The lowest BCUT2D eigenvalue weighted by molar-refractivity contribution is -0.171. The first-order chi connectivity index (χ1) is 19.0. The van der Waals surface area contributed by atoms with Crippen LogP contribution in [0.2, 0.25) is 0 Å². The molecule has 1 aliphatic heterocycles. The zero-order chi connectivity index (χ0) is 29.6. The Morgan fingerprint density at radius 1 is 1.20 bits per heavy atom. The van der Waals surface area contributed by atoms with Crippen LogP contribution in [-0.2, 0) is 25.5 Å². The molecule has 40 heavy (non-hydrogen) atoms. The van der Waals surface area contributed by atoms with Gasteiger partial charge in [0.15, 0.2) is 11.8 Å². The number of cyclic esters (lactones) is 1. The largest absolute Gasteiger partial charge is 0.505 e. The number of aromatic nitrogens is 2. The van der Waals surface area contributed by atoms with E-state index in [9.17, 15) is 29.4 Å². The summed E-state index contributed by atoms with van der Waals surface area (Å²) < 4.78 is 5.67. The van der Waals surface area contributed by atoms with Crippen LogP contribution in [-0.4, -0.2) is 86.2 Å². The minimum atomic E-state index is -1.40. The lowest BCUT2D eigenvalue weighted by Crippen LogP contribution is -2.63. The number of hydrogen-bond donors (Lipinski definition) is 4. The predicted octanol–water partition coefficient (Wildman–Crippen LogP) is 0.824. The molecule has 12 nitrogen and oxygen atoms in total. The van der Waals surface area contributed by atoms with Gasteiger partial charge in [0.1, 0.15) is 11.8 Å². The van der Waals surface area contributed by atoms with Gasteiger partial charge in [-0.2, -0.15) is 0 Å². The minimum absolute atomic E-state index is 0.123. The molecule has 216 valence electrons. The van der Waals surface area contributed by atoms with Gasteiger partial charge in [0.2, 0.25) is 5.91 Å². The zero-order valence-electron chi connectivity index (χ0n) is 23.3. The highest BCUT2D eigenvalue weighted by atomic mass is 16.6. The van der Waals surface area contributed by atoms with Crippen molar-refractivity contribution in [3.63, 3.8) is 0 Å². The maximum atomic E-state index is 13.8. The molecule has 2 aromatic heterocycles. The van der Waals surface area contributed by atoms with Gasteiger partial charge in [-0.05, 0) is 50.5 Å². The molecule has 4 N–H and O–H groups in total. The van der Waals surface area contributed by atoms with E-state index in [4.69, 9.17) is 4.74 Å². The molecule has 12 heteroatoms. The minimum Gasteiger partial charge on any atom is -0.505 e. The summed E-state index contributed by atoms with van der Waals surface area (Å²) in [7, 11) is 1.46. The van der Waals surface area contributed by atoms with Crippen molar-refractivity contribution in [3.8, 4) is 5.75 Å². The molecule has 0 spiro atoms. The number of esters is 1. The number of carbonyl (C=O) groups excluding carboxylic acids is 4. The van der Waals surface area contributed by atoms with Crippen LogP contribution in [0.4, 0.5) is 0 Å². The van der Waals surface area contributed by atoms with Crippen LogP contribution in [0.1, 0.15) is 50.2 Å². The quantitative estimate of drug-likeness (QED) is 0.377. The van der Waals surface area contributed by atoms with Crippen molar-refractivity contribution >= 4 is 23.7 Å². The second kappa shape index (κ2) is 13.3. The third-order valence-corrected chi connectivity index (χ3v) is 7.46. The van der Waals surface area contributed by atoms with Crippen LogP contribution in [0.5, 0.6) is 5.75 Å². The second-order valence-corrected chi connectivity index (χ2v) is 10.2. The Morgan fingerprint density at radius 2 is 1.90 bits per heavy atom. The highest BCUT2D eigenvalue weighted by molar-refractivity contribution is 5.98. The Bertz CT molecular complexity index is 1210. The summed E-state index contributed by atoms with van der Waals surface area (Å²) in [5, 5.41) is 26.7. The van der Waals surface area contributed by atoms with Crippen molar-refractivity contribution in [3.05, 3.63) is 54.1 Å². The molecule has 3 amide bonds. The van der Waals surface area contributed by atoms with Gasteiger partial charge >= 0.3 is 5.97 Å². The molecule has 0 bridgehead atoms. The molecule has 2 aromatic rings. The van der Waals surface area contributed by atoms with Gasteiger partial charge in [-0.3, -0.25) is 24.2 Å². The summed E-state index contributed by atoms with van der Waals surface area (Å²) in [5.74, 6) is -4.71. The zero-order valence-corrected chi connectivity index (χ0v) is 23.3. The lowest BCUT2D eigenvalue weighted by Gasteiger charge is -2.38. The fourth-order valence-corrected chi connectivity index (χ4v) is 4.46. The van der Waals surface area contributed by atoms with Gasteiger partial charge in [-0.25, -0.2) is 4.98 Å². The Hall–Kier alpha value is -4.06. The SMILES string of the molecule is CCC(C)C1OC(=O)[C@H](C)[C@H](O)[C@H](Cc2cccnc2)NC(=O)[C@@H](NC(=O)c2ncccc2O)[C@@H](C)N(C)C1=O. The molecule has 1 fully saturated rings. The second-order valence-electron chi connectivity index (χ2n) is 10.2. The summed E-state index contributed by atoms with van der Waals surface area (Å²) in [6, 6.07) is 2.98. The summed E-state index contributed by atoms with van der Waals surface area (Å²) in [4.78, 5) is 62.8. The number of aromatic hydroxyl groups is 1. The van der Waals surface area contributed by atoms with Gasteiger partial charge in [0, 0.05) is 31.6 Å². The van der Waals surface area contributed by atoms with Crippen molar-refractivity contribution in [2.24, 2.45) is 11.8 Å². The van der Waals surface area contributed by atoms with E-state index >= 15 is 0 Å². The molecule has 1 saturated heterocycles. The number of amides is 3. The van der Waals surface area contributed by atoms with Crippen LogP contribution in [0.15, 0.2) is 42.9 Å². The number of hydrogen-bond acceptors (Lipinski definition) is 9. The Balaban J connectivity index is 2.05. The summed E-state index contributed by atoms with van der Waals surface area (Å²) in [6.07, 6.45) is 2.56. The van der Waals surface area contributed by atoms with Crippen LogP contribution >= 0.6 is 0 Å². The first-order valence-electron chi connectivity index (χ1n) is 13.3. The fourth-order valence-electron chi connectivity index (χ4n) is 4.46. The monoisotopic (exact) mass is 555 g/mol. The predicted molar refractivity (Wildman–Crippen MR) is 144 cm³/mol. The summed E-state index contributed by atoms with van der Waals surface area (Å²) in [6.45, 7) is 6.65. The smallest absolute Gasteiger partial charge is 0.312 e. The van der Waals surface area contributed by atoms with Crippen LogP contribution in [0, 0.1) is 11.8 Å². The van der Waals surface area contributed by atoms with Crippen molar-refractivity contribution in [2.45, 2.75) is 70.9 Å². The van der Waals surface area contributed by atoms with Crippen LogP contribution in [0.3, 0.4) is 0 Å². The molecule has 7 atom stereocenters. The Kier molecular flexibility index (Phi) is 10.2. The van der Waals surface area contributed by atoms with E-state index in [2.05, 4.69) is 20.6 Å². The number of carbonyl (C=O) groups is 4. The van der Waals surface area contributed by atoms with Crippen molar-refractivity contribution < 1.29 is 34.1 Å². The number of ether oxygens (including phenoxy) is 1. The molecular weight excluding hydrogens is 518 g/mol. The molecule has 0 saturated carbocycles. The maximum Gasteiger partial charge on any atom is 0.312 e. The normalized spacial score (nSPS) is 27.1. The lowest BCUT2D eigenvalue weighted by atomic mass is 9.91. The number of nitrogens with one attached hydrogen (secondary N) is 2. The third kappa shape index (κ3) is 6.92. The van der Waals surface area contributed by atoms with E-state index in [1.54, 1.807) is 38.4 Å². The average Bonchev–Trinajstić information content (AvgIpc) is 2.95. The molecule has 0 radical (unpaired) electrons. The van der Waals surface area contributed by atoms with E-state index in [0.717, 1.165) is 0 Å². The Morgan fingerprint density at radius 3 is 2.52 bits per heavy atom. The van der Waals surface area contributed by atoms with E-state index in [-0.39, 0.29) is 23.8 Å². The topological polar surface area (TPSA) is 171 Å². The van der Waals surface area contributed by atoms with Gasteiger partial charge in [-0.15, -0.1) is 0 Å². The molecule has 1 aliphatic rings. The highest BCUT2D eigenvalue weighted by Crippen LogP contribution is 2.22. The van der Waals surface area contributed by atoms with Gasteiger partial charge < -0.3 is 30.5 Å². The standard InChI is InChI=1S/C28H37N5O7/c1-6-15(2)24-27(38)33(5)17(4)21(32-26(37)22-20(34)10-8-12-30-22)25(36)31-19(13-18-9-7-11-29-14-18)23(35)16(3)28(39)40-24/h7-12,14-17,19,21,23-24,34-35H,6,13H2,1-5H3,(H,31,36)(H,32,37)/t15?,16-,17-,19+,21+,23+,24?/m1/s1. The third-order valence-electron chi connectivity index (χ3n) is 7.46. The molecule has 3 heterocycles. The fraction of sp³-hybridized carbons (Fsp3) is 0.500. The van der Waals surface area contributed by atoms with Gasteiger partial charge in [0.05, 0.1) is 24.1 Å². The number of pyridine rings is 2. The average molecular weight is 556 g/mol. The van der Waals surface area contributed by atoms with Crippen molar-refractivity contribution in [2.75, 3.05) is 7.05 Å². The maximum absolute atomic E-state index is 13.8. The molecule has 2 unspecified atom stereocenters. The number of likely N-dealkylation sites (N-methyl/N-ethyl adjacent to an activating group) is 1. The highest BCUT2D eigenvalue weighted by Gasteiger charge is 2.42. The van der Waals surface area contributed by atoms with Crippen molar-refractivity contribution in [1.82, 2.24) is 25.5 Å². The van der Waals surface area contributed by atoms with E-state index in [1.165, 1.54) is 37.2 Å².